The van der Waals surface area contributed by atoms with E-state index in [2.05, 4.69) is 54.3 Å². The molecule has 4 N–H and O–H groups in total. The third-order valence-corrected chi connectivity index (χ3v) is 6.40. The van der Waals surface area contributed by atoms with Crippen molar-refractivity contribution in [1.29, 1.82) is 0 Å². The second-order valence-electron chi connectivity index (χ2n) is 8.51. The minimum absolute atomic E-state index is 0.837. The maximum atomic E-state index is 4.56. The fourth-order valence-corrected chi connectivity index (χ4v) is 4.60. The normalized spacial score (nSPS) is 10.7. The van der Waals surface area contributed by atoms with E-state index in [1.165, 1.54) is 11.7 Å². The molecule has 0 saturated heterocycles. The Bertz CT molecular complexity index is 1480. The number of para-hydroxylation sites is 2. The Morgan fingerprint density at radius 1 is 0.351 bits per heavy atom. The van der Waals surface area contributed by atoms with Gasteiger partial charge in [-0.2, -0.15) is 8.75 Å². The third kappa shape index (κ3) is 5.37. The molecule has 0 fully saturated rings. The van der Waals surface area contributed by atoms with Gasteiger partial charge in [0.2, 0.25) is 0 Å². The van der Waals surface area contributed by atoms with E-state index in [9.17, 15) is 0 Å². The highest BCUT2D eigenvalue weighted by molar-refractivity contribution is 7.00. The largest absolute Gasteiger partial charge is 0.356 e. The number of benzene rings is 5. The molecule has 0 atom stereocenters. The lowest BCUT2D eigenvalue weighted by molar-refractivity contribution is 1.50. The van der Waals surface area contributed by atoms with Crippen molar-refractivity contribution in [3.05, 3.63) is 121 Å². The number of anilines is 8. The molecule has 0 aliphatic rings. The molecule has 6 nitrogen and oxygen atoms in total. The molecule has 0 aliphatic heterocycles. The van der Waals surface area contributed by atoms with Gasteiger partial charge < -0.3 is 21.3 Å². The molecule has 7 heteroatoms. The van der Waals surface area contributed by atoms with Gasteiger partial charge in [-0.05, 0) is 84.9 Å². The Kier molecular flexibility index (Phi) is 6.34. The van der Waals surface area contributed by atoms with Crippen molar-refractivity contribution in [2.24, 2.45) is 0 Å². The Morgan fingerprint density at radius 2 is 0.676 bits per heavy atom. The molecule has 0 spiro atoms. The number of rotatable bonds is 8. The van der Waals surface area contributed by atoms with Gasteiger partial charge >= 0.3 is 0 Å². The number of fused-ring (bicyclic) bond motifs is 1. The molecule has 0 bridgehead atoms. The van der Waals surface area contributed by atoms with E-state index in [-0.39, 0.29) is 0 Å². The van der Waals surface area contributed by atoms with Crippen LogP contribution in [0, 0.1) is 0 Å². The Hall–Kier alpha value is -4.88. The Balaban J connectivity index is 1.15. The maximum absolute atomic E-state index is 4.56. The van der Waals surface area contributed by atoms with Crippen LogP contribution in [0.1, 0.15) is 0 Å². The molecule has 0 unspecified atom stereocenters. The van der Waals surface area contributed by atoms with Crippen molar-refractivity contribution in [3.63, 3.8) is 0 Å². The highest BCUT2D eigenvalue weighted by Gasteiger charge is 2.11. The summed E-state index contributed by atoms with van der Waals surface area (Å²) >= 11 is 1.21. The van der Waals surface area contributed by atoms with Crippen LogP contribution in [-0.4, -0.2) is 8.75 Å². The van der Waals surface area contributed by atoms with Crippen LogP contribution >= 0.6 is 11.7 Å². The van der Waals surface area contributed by atoms with E-state index >= 15 is 0 Å². The predicted octanol–water partition coefficient (Wildman–Crippen LogP) is 8.67. The Morgan fingerprint density at radius 3 is 1.05 bits per heavy atom. The van der Waals surface area contributed by atoms with E-state index in [4.69, 9.17) is 0 Å². The summed E-state index contributed by atoms with van der Waals surface area (Å²) in [5, 5.41) is 13.8. The molecule has 0 aliphatic carbocycles. The first-order valence-electron chi connectivity index (χ1n) is 11.9. The van der Waals surface area contributed by atoms with Gasteiger partial charge in [0.05, 0.1) is 23.1 Å². The van der Waals surface area contributed by atoms with Crippen molar-refractivity contribution in [2.75, 3.05) is 21.3 Å². The number of hydrogen-bond acceptors (Lipinski definition) is 7. The van der Waals surface area contributed by atoms with Crippen molar-refractivity contribution < 1.29 is 0 Å². The van der Waals surface area contributed by atoms with Gasteiger partial charge in [0.1, 0.15) is 11.0 Å². The van der Waals surface area contributed by atoms with Crippen LogP contribution in [-0.2, 0) is 0 Å². The monoisotopic (exact) mass is 500 g/mol. The lowest BCUT2D eigenvalue weighted by Gasteiger charge is -2.12. The molecule has 0 saturated carbocycles. The first kappa shape index (κ1) is 22.6. The summed E-state index contributed by atoms with van der Waals surface area (Å²) in [6.07, 6.45) is 0. The molecule has 37 heavy (non-hydrogen) atoms. The zero-order valence-corrected chi connectivity index (χ0v) is 20.7. The van der Waals surface area contributed by atoms with Crippen LogP contribution in [0.15, 0.2) is 121 Å². The summed E-state index contributed by atoms with van der Waals surface area (Å²) in [6.45, 7) is 0. The van der Waals surface area contributed by atoms with Crippen molar-refractivity contribution in [3.8, 4) is 0 Å². The summed E-state index contributed by atoms with van der Waals surface area (Å²) in [6, 6.07) is 40.7. The zero-order chi connectivity index (χ0) is 24.9. The van der Waals surface area contributed by atoms with Gasteiger partial charge in [0.15, 0.2) is 0 Å². The first-order valence-corrected chi connectivity index (χ1v) is 12.7. The number of nitrogens with zero attached hydrogens (tertiary/aromatic N) is 2. The van der Waals surface area contributed by atoms with Crippen LogP contribution in [0.3, 0.4) is 0 Å². The highest BCUT2D eigenvalue weighted by Crippen LogP contribution is 2.33. The quantitative estimate of drug-likeness (QED) is 0.168. The first-order chi connectivity index (χ1) is 18.3. The number of aromatic nitrogens is 2. The van der Waals surface area contributed by atoms with Gasteiger partial charge in [0.25, 0.3) is 0 Å². The minimum Gasteiger partial charge on any atom is -0.356 e. The SMILES string of the molecule is c1ccc(Nc2ccc(Nc3ccc(Nc4ccc(Nc5ccccc5)cc4)c4nsnc34)cc2)cc1. The highest BCUT2D eigenvalue weighted by atomic mass is 32.1. The minimum atomic E-state index is 0.837. The standard InChI is InChI=1S/C30H24N6S/c1-3-7-21(8-4-1)31-23-11-15-25(16-12-23)33-27-19-20-28(30-29(27)35-37-36-30)34-26-17-13-24(14-18-26)32-22-9-5-2-6-10-22/h1-20,31-34H. The van der Waals surface area contributed by atoms with E-state index in [1.54, 1.807) is 0 Å². The van der Waals surface area contributed by atoms with Crippen molar-refractivity contribution in [1.82, 2.24) is 8.75 Å². The third-order valence-electron chi connectivity index (χ3n) is 5.87. The average Bonchev–Trinajstić information content (AvgIpc) is 3.44. The molecule has 180 valence electrons. The Labute approximate surface area is 219 Å². The molecule has 0 radical (unpaired) electrons. The van der Waals surface area contributed by atoms with Crippen molar-refractivity contribution in [2.45, 2.75) is 0 Å². The van der Waals surface area contributed by atoms with E-state index in [0.717, 1.165) is 56.5 Å². The molecule has 6 rings (SSSR count). The van der Waals surface area contributed by atoms with Gasteiger partial charge in [0, 0.05) is 34.1 Å². The van der Waals surface area contributed by atoms with E-state index in [0.29, 0.717) is 0 Å². The number of hydrogen-bond donors (Lipinski definition) is 4. The second kappa shape index (κ2) is 10.4. The zero-order valence-electron chi connectivity index (χ0n) is 19.8. The van der Waals surface area contributed by atoms with E-state index < -0.39 is 0 Å². The molecule has 0 amide bonds. The molecule has 6 aromatic rings. The number of nitrogens with one attached hydrogen (secondary N) is 4. The summed E-state index contributed by atoms with van der Waals surface area (Å²) in [7, 11) is 0. The molecular weight excluding hydrogens is 476 g/mol. The summed E-state index contributed by atoms with van der Waals surface area (Å²) < 4.78 is 9.11. The lowest BCUT2D eigenvalue weighted by Crippen LogP contribution is -1.96. The molecule has 1 heterocycles. The van der Waals surface area contributed by atoms with Gasteiger partial charge in [-0.1, -0.05) is 36.4 Å². The van der Waals surface area contributed by atoms with Crippen LogP contribution in [0.2, 0.25) is 0 Å². The molecule has 5 aromatic carbocycles. The smallest absolute Gasteiger partial charge is 0.130 e. The summed E-state index contributed by atoms with van der Waals surface area (Å²) in [4.78, 5) is 0. The van der Waals surface area contributed by atoms with Gasteiger partial charge in [-0.15, -0.1) is 0 Å². The predicted molar refractivity (Wildman–Crippen MR) is 156 cm³/mol. The van der Waals surface area contributed by atoms with Crippen LogP contribution in [0.25, 0.3) is 11.0 Å². The van der Waals surface area contributed by atoms with Crippen LogP contribution in [0.5, 0.6) is 0 Å². The second-order valence-corrected chi connectivity index (χ2v) is 9.04. The fraction of sp³-hybridized carbons (Fsp3) is 0. The van der Waals surface area contributed by atoms with Crippen LogP contribution < -0.4 is 21.3 Å². The van der Waals surface area contributed by atoms with E-state index in [1.807, 2.05) is 97.1 Å². The summed E-state index contributed by atoms with van der Waals surface area (Å²) in [5.74, 6) is 0. The van der Waals surface area contributed by atoms with Gasteiger partial charge in [-0.3, -0.25) is 0 Å². The fourth-order valence-electron chi connectivity index (χ4n) is 4.03. The molecular formula is C30H24N6S. The average molecular weight is 501 g/mol. The molecule has 1 aromatic heterocycles. The maximum Gasteiger partial charge on any atom is 0.130 e. The summed E-state index contributed by atoms with van der Waals surface area (Å²) in [5.41, 5.74) is 9.65. The topological polar surface area (TPSA) is 73.9 Å². The van der Waals surface area contributed by atoms with Gasteiger partial charge in [-0.25, -0.2) is 0 Å². The van der Waals surface area contributed by atoms with Crippen LogP contribution in [0.4, 0.5) is 45.5 Å². The lowest BCUT2D eigenvalue weighted by atomic mass is 10.2. The van der Waals surface area contributed by atoms with Crippen molar-refractivity contribution >= 4 is 68.3 Å².